The maximum Gasteiger partial charge on any atom is 0.258 e. The van der Waals surface area contributed by atoms with Crippen molar-refractivity contribution in [2.75, 3.05) is 26.2 Å². The number of piperazine rings is 1. The van der Waals surface area contributed by atoms with E-state index in [1.54, 1.807) is 0 Å². The lowest BCUT2D eigenvalue weighted by molar-refractivity contribution is 0.122. The summed E-state index contributed by atoms with van der Waals surface area (Å²) in [5.41, 5.74) is 4.30. The van der Waals surface area contributed by atoms with Gasteiger partial charge in [-0.15, -0.1) is 0 Å². The van der Waals surface area contributed by atoms with Gasteiger partial charge in [0.05, 0.1) is 10.9 Å². The standard InChI is InChI=1S/C23H23ClN4O/c24-19-7-5-17(6-8-19)14-26-9-11-27(12-10-26)15-18-13-22-25-23(29)20-3-1-2-4-21(20)28(22)16-18/h1-8,13,16H,9-12,14-15H2,(H,25,29). The molecule has 29 heavy (non-hydrogen) atoms. The number of benzene rings is 2. The van der Waals surface area contributed by atoms with E-state index in [1.807, 2.05) is 36.4 Å². The summed E-state index contributed by atoms with van der Waals surface area (Å²) < 4.78 is 2.09. The van der Waals surface area contributed by atoms with E-state index in [0.29, 0.717) is 0 Å². The van der Waals surface area contributed by atoms with Gasteiger partial charge in [-0.25, -0.2) is 0 Å². The molecule has 1 aliphatic rings. The van der Waals surface area contributed by atoms with Gasteiger partial charge in [-0.05, 0) is 41.5 Å². The Hall–Kier alpha value is -2.60. The van der Waals surface area contributed by atoms with Crippen molar-refractivity contribution < 1.29 is 0 Å². The lowest BCUT2D eigenvalue weighted by Gasteiger charge is -2.34. The fourth-order valence-corrected chi connectivity index (χ4v) is 4.30. The van der Waals surface area contributed by atoms with Crippen molar-refractivity contribution in [3.63, 3.8) is 0 Å². The third-order valence-corrected chi connectivity index (χ3v) is 5.97. The van der Waals surface area contributed by atoms with Crippen LogP contribution in [-0.2, 0) is 13.1 Å². The average molecular weight is 407 g/mol. The minimum atomic E-state index is -0.0337. The molecule has 5 nitrogen and oxygen atoms in total. The number of nitrogens with zero attached hydrogens (tertiary/aromatic N) is 3. The summed E-state index contributed by atoms with van der Waals surface area (Å²) in [6.45, 7) is 6.04. The maximum absolute atomic E-state index is 12.3. The van der Waals surface area contributed by atoms with Crippen LogP contribution in [0, 0.1) is 0 Å². The van der Waals surface area contributed by atoms with Gasteiger partial charge in [0.2, 0.25) is 0 Å². The van der Waals surface area contributed by atoms with Crippen LogP contribution in [0.1, 0.15) is 11.1 Å². The molecule has 0 radical (unpaired) electrons. The highest BCUT2D eigenvalue weighted by molar-refractivity contribution is 6.30. The highest BCUT2D eigenvalue weighted by atomic mass is 35.5. The van der Waals surface area contributed by atoms with E-state index in [2.05, 4.69) is 43.6 Å². The molecule has 0 unspecified atom stereocenters. The van der Waals surface area contributed by atoms with Crippen LogP contribution in [0.2, 0.25) is 5.02 Å². The Morgan fingerprint density at radius 2 is 1.52 bits per heavy atom. The molecule has 1 fully saturated rings. The van der Waals surface area contributed by atoms with Crippen molar-refractivity contribution >= 4 is 28.2 Å². The number of fused-ring (bicyclic) bond motifs is 3. The van der Waals surface area contributed by atoms with Crippen molar-refractivity contribution in [3.05, 3.63) is 87.3 Å². The number of hydrogen-bond donors (Lipinski definition) is 1. The Morgan fingerprint density at radius 1 is 0.862 bits per heavy atom. The molecule has 0 aliphatic carbocycles. The van der Waals surface area contributed by atoms with Gasteiger partial charge in [0.1, 0.15) is 5.65 Å². The Balaban J connectivity index is 1.27. The van der Waals surface area contributed by atoms with Crippen LogP contribution in [0.3, 0.4) is 0 Å². The number of rotatable bonds is 4. The molecule has 148 valence electrons. The van der Waals surface area contributed by atoms with E-state index in [9.17, 15) is 4.79 Å². The summed E-state index contributed by atoms with van der Waals surface area (Å²) in [7, 11) is 0. The molecule has 5 rings (SSSR count). The zero-order valence-electron chi connectivity index (χ0n) is 16.1. The third kappa shape index (κ3) is 3.81. The molecule has 6 heteroatoms. The fraction of sp³-hybridized carbons (Fsp3) is 0.261. The molecule has 0 saturated carbocycles. The second kappa shape index (κ2) is 7.67. The van der Waals surface area contributed by atoms with Gasteiger partial charge in [0.15, 0.2) is 0 Å². The van der Waals surface area contributed by atoms with Crippen LogP contribution >= 0.6 is 11.6 Å². The van der Waals surface area contributed by atoms with E-state index >= 15 is 0 Å². The average Bonchev–Trinajstić information content (AvgIpc) is 3.14. The molecular weight excluding hydrogens is 384 g/mol. The van der Waals surface area contributed by atoms with E-state index in [1.165, 1.54) is 11.1 Å². The van der Waals surface area contributed by atoms with E-state index < -0.39 is 0 Å². The summed E-state index contributed by atoms with van der Waals surface area (Å²) in [5, 5.41) is 1.51. The van der Waals surface area contributed by atoms with Gasteiger partial charge in [-0.1, -0.05) is 35.9 Å². The number of hydrogen-bond acceptors (Lipinski definition) is 3. The summed E-state index contributed by atoms with van der Waals surface area (Å²) in [6, 6.07) is 18.0. The van der Waals surface area contributed by atoms with Gasteiger partial charge >= 0.3 is 0 Å². The van der Waals surface area contributed by atoms with Crippen molar-refractivity contribution in [1.82, 2.24) is 19.2 Å². The van der Waals surface area contributed by atoms with Crippen LogP contribution in [0.4, 0.5) is 0 Å². The lowest BCUT2D eigenvalue weighted by Crippen LogP contribution is -2.45. The monoisotopic (exact) mass is 406 g/mol. The molecule has 0 spiro atoms. The molecule has 2 aromatic carbocycles. The molecule has 0 amide bonds. The first-order chi connectivity index (χ1) is 14.2. The minimum Gasteiger partial charge on any atom is -0.308 e. The summed E-state index contributed by atoms with van der Waals surface area (Å²) >= 11 is 5.98. The Labute approximate surface area is 174 Å². The number of halogens is 1. The van der Waals surface area contributed by atoms with Gasteiger partial charge in [-0.2, -0.15) is 0 Å². The third-order valence-electron chi connectivity index (χ3n) is 5.72. The molecule has 0 atom stereocenters. The number of aromatic amines is 1. The highest BCUT2D eigenvalue weighted by Gasteiger charge is 2.18. The summed E-state index contributed by atoms with van der Waals surface area (Å²) in [6.07, 6.45) is 2.15. The van der Waals surface area contributed by atoms with Crippen LogP contribution < -0.4 is 5.56 Å². The molecule has 0 bridgehead atoms. The molecule has 2 aromatic heterocycles. The van der Waals surface area contributed by atoms with Gasteiger partial charge < -0.3 is 9.38 Å². The maximum atomic E-state index is 12.3. The zero-order valence-corrected chi connectivity index (χ0v) is 16.9. The second-order valence-electron chi connectivity index (χ2n) is 7.75. The van der Waals surface area contributed by atoms with E-state index in [0.717, 1.165) is 60.8 Å². The number of nitrogens with one attached hydrogen (secondary N) is 1. The zero-order chi connectivity index (χ0) is 19.8. The fourth-order valence-electron chi connectivity index (χ4n) is 4.17. The molecule has 3 heterocycles. The minimum absolute atomic E-state index is 0.0337. The van der Waals surface area contributed by atoms with Crippen molar-refractivity contribution in [2.24, 2.45) is 0 Å². The normalized spacial score (nSPS) is 16.0. The number of aromatic nitrogens is 2. The van der Waals surface area contributed by atoms with Gasteiger partial charge in [-0.3, -0.25) is 14.6 Å². The highest BCUT2D eigenvalue weighted by Crippen LogP contribution is 2.18. The second-order valence-corrected chi connectivity index (χ2v) is 8.19. The lowest BCUT2D eigenvalue weighted by atomic mass is 10.2. The Morgan fingerprint density at radius 3 is 2.24 bits per heavy atom. The van der Waals surface area contributed by atoms with Gasteiger partial charge in [0, 0.05) is 50.5 Å². The SMILES string of the molecule is O=c1[nH]c2cc(CN3CCN(Cc4ccc(Cl)cc4)CC3)cn2c2ccccc12. The van der Waals surface area contributed by atoms with Crippen LogP contribution in [0.5, 0.6) is 0 Å². The largest absolute Gasteiger partial charge is 0.308 e. The molecule has 1 saturated heterocycles. The first-order valence-electron chi connectivity index (χ1n) is 9.97. The summed E-state index contributed by atoms with van der Waals surface area (Å²) in [4.78, 5) is 20.3. The van der Waals surface area contributed by atoms with Crippen molar-refractivity contribution in [2.45, 2.75) is 13.1 Å². The summed E-state index contributed by atoms with van der Waals surface area (Å²) in [5.74, 6) is 0. The predicted molar refractivity (Wildman–Crippen MR) is 118 cm³/mol. The Kier molecular flexibility index (Phi) is 4.87. The number of H-pyrrole nitrogens is 1. The number of para-hydroxylation sites is 1. The molecular formula is C23H23ClN4O. The van der Waals surface area contributed by atoms with Crippen LogP contribution in [-0.4, -0.2) is 45.4 Å². The molecule has 1 aliphatic heterocycles. The molecule has 4 aromatic rings. The predicted octanol–water partition coefficient (Wildman–Crippen LogP) is 3.75. The van der Waals surface area contributed by atoms with E-state index in [-0.39, 0.29) is 5.56 Å². The van der Waals surface area contributed by atoms with E-state index in [4.69, 9.17) is 11.6 Å². The van der Waals surface area contributed by atoms with Crippen molar-refractivity contribution in [1.29, 1.82) is 0 Å². The molecule has 1 N–H and O–H groups in total. The quantitative estimate of drug-likeness (QED) is 0.561. The topological polar surface area (TPSA) is 43.8 Å². The first kappa shape index (κ1) is 18.4. The first-order valence-corrected chi connectivity index (χ1v) is 10.3. The van der Waals surface area contributed by atoms with Crippen LogP contribution in [0.15, 0.2) is 65.6 Å². The smallest absolute Gasteiger partial charge is 0.258 e. The van der Waals surface area contributed by atoms with Crippen molar-refractivity contribution in [3.8, 4) is 0 Å². The van der Waals surface area contributed by atoms with Crippen LogP contribution in [0.25, 0.3) is 16.6 Å². The van der Waals surface area contributed by atoms with Gasteiger partial charge in [0.25, 0.3) is 5.56 Å². The Bertz CT molecular complexity index is 1200.